The summed E-state index contributed by atoms with van der Waals surface area (Å²) in [4.78, 5) is 4.00. The molecule has 5 nitrogen and oxygen atoms in total. The molecule has 1 aliphatic heterocycles. The molecule has 0 spiro atoms. The molecule has 0 saturated carbocycles. The largest absolute Gasteiger partial charge is 0.489 e. The van der Waals surface area contributed by atoms with Gasteiger partial charge >= 0.3 is 0 Å². The third-order valence-corrected chi connectivity index (χ3v) is 5.27. The van der Waals surface area contributed by atoms with Gasteiger partial charge in [-0.25, -0.2) is 12.7 Å². The maximum absolute atomic E-state index is 11.9. The normalized spacial score (nSPS) is 18.4. The van der Waals surface area contributed by atoms with Crippen molar-refractivity contribution in [1.82, 2.24) is 9.29 Å². The molecule has 0 bridgehead atoms. The zero-order chi connectivity index (χ0) is 13.7. The van der Waals surface area contributed by atoms with Gasteiger partial charge < -0.3 is 4.74 Å². The first-order chi connectivity index (χ1) is 9.12. The molecule has 2 heterocycles. The van der Waals surface area contributed by atoms with Gasteiger partial charge in [0.2, 0.25) is 10.0 Å². The Kier molecular flexibility index (Phi) is 4.76. The molecule has 0 unspecified atom stereocenters. The monoisotopic (exact) mass is 284 g/mol. The molecular weight excluding hydrogens is 264 g/mol. The van der Waals surface area contributed by atoms with Crippen molar-refractivity contribution in [2.45, 2.75) is 32.3 Å². The summed E-state index contributed by atoms with van der Waals surface area (Å²) in [6, 6.07) is 3.70. The third kappa shape index (κ3) is 3.91. The highest BCUT2D eigenvalue weighted by Gasteiger charge is 2.28. The Labute approximate surface area is 114 Å². The second-order valence-corrected chi connectivity index (χ2v) is 6.81. The summed E-state index contributed by atoms with van der Waals surface area (Å²) in [6.45, 7) is 2.98. The summed E-state index contributed by atoms with van der Waals surface area (Å²) in [5.41, 5.74) is 0. The van der Waals surface area contributed by atoms with Gasteiger partial charge in [-0.15, -0.1) is 0 Å². The van der Waals surface area contributed by atoms with Crippen LogP contribution in [-0.2, 0) is 10.0 Å². The van der Waals surface area contributed by atoms with Crippen molar-refractivity contribution in [3.05, 3.63) is 24.5 Å². The quantitative estimate of drug-likeness (QED) is 0.825. The fraction of sp³-hybridized carbons (Fsp3) is 0.615. The summed E-state index contributed by atoms with van der Waals surface area (Å²) in [5.74, 6) is 0.985. The molecule has 1 aromatic rings. The lowest BCUT2D eigenvalue weighted by Crippen LogP contribution is -2.42. The van der Waals surface area contributed by atoms with Gasteiger partial charge in [0.15, 0.2) is 0 Å². The second-order valence-electron chi connectivity index (χ2n) is 4.72. The fourth-order valence-corrected chi connectivity index (χ4v) is 3.77. The standard InChI is InChI=1S/C13H20N2O3S/c1-2-10-19(16,17)15-8-5-12(6-9-15)18-13-4-3-7-14-11-13/h3-4,7,11-12H,2,5-6,8-10H2,1H3. The molecule has 0 N–H and O–H groups in total. The highest BCUT2D eigenvalue weighted by atomic mass is 32.2. The molecule has 1 aliphatic rings. The molecule has 6 heteroatoms. The molecule has 0 atom stereocenters. The number of hydrogen-bond donors (Lipinski definition) is 0. The first-order valence-corrected chi connectivity index (χ1v) is 8.27. The number of piperidine rings is 1. The molecule has 106 valence electrons. The first-order valence-electron chi connectivity index (χ1n) is 6.66. The molecule has 1 saturated heterocycles. The second kappa shape index (κ2) is 6.34. The van der Waals surface area contributed by atoms with E-state index in [0.29, 0.717) is 19.5 Å². The number of hydrogen-bond acceptors (Lipinski definition) is 4. The molecule has 0 radical (unpaired) electrons. The first kappa shape index (κ1) is 14.3. The van der Waals surface area contributed by atoms with E-state index in [0.717, 1.165) is 18.6 Å². The van der Waals surface area contributed by atoms with E-state index in [4.69, 9.17) is 4.74 Å². The highest BCUT2D eigenvalue weighted by molar-refractivity contribution is 7.89. The fourth-order valence-electron chi connectivity index (χ4n) is 2.22. The van der Waals surface area contributed by atoms with E-state index in [2.05, 4.69) is 4.98 Å². The molecule has 0 aromatic carbocycles. The summed E-state index contributed by atoms with van der Waals surface area (Å²) < 4.78 is 31.2. The van der Waals surface area contributed by atoms with Crippen LogP contribution in [0, 0.1) is 0 Å². The average molecular weight is 284 g/mol. The maximum Gasteiger partial charge on any atom is 0.214 e. The van der Waals surface area contributed by atoms with Crippen LogP contribution in [0.2, 0.25) is 0 Å². The lowest BCUT2D eigenvalue weighted by Gasteiger charge is -2.31. The van der Waals surface area contributed by atoms with Crippen LogP contribution in [0.25, 0.3) is 0 Å². The van der Waals surface area contributed by atoms with E-state index in [-0.39, 0.29) is 11.9 Å². The van der Waals surface area contributed by atoms with Crippen LogP contribution in [0.15, 0.2) is 24.5 Å². The van der Waals surface area contributed by atoms with Crippen molar-refractivity contribution in [2.75, 3.05) is 18.8 Å². The minimum Gasteiger partial charge on any atom is -0.489 e. The van der Waals surface area contributed by atoms with Crippen molar-refractivity contribution in [1.29, 1.82) is 0 Å². The number of nitrogens with zero attached hydrogens (tertiary/aromatic N) is 2. The van der Waals surface area contributed by atoms with E-state index in [9.17, 15) is 8.42 Å². The van der Waals surface area contributed by atoms with Crippen LogP contribution in [0.1, 0.15) is 26.2 Å². The van der Waals surface area contributed by atoms with Crippen LogP contribution in [0.3, 0.4) is 0 Å². The van der Waals surface area contributed by atoms with Crippen molar-refractivity contribution >= 4 is 10.0 Å². The van der Waals surface area contributed by atoms with Gasteiger partial charge in [-0.1, -0.05) is 6.92 Å². The molecule has 1 aromatic heterocycles. The van der Waals surface area contributed by atoms with Crippen LogP contribution in [-0.4, -0.2) is 42.7 Å². The lowest BCUT2D eigenvalue weighted by atomic mass is 10.1. The van der Waals surface area contributed by atoms with Crippen LogP contribution >= 0.6 is 0 Å². The zero-order valence-corrected chi connectivity index (χ0v) is 12.0. The number of rotatable bonds is 5. The summed E-state index contributed by atoms with van der Waals surface area (Å²) in [7, 11) is -3.06. The Balaban J connectivity index is 1.86. The van der Waals surface area contributed by atoms with Crippen LogP contribution in [0.5, 0.6) is 5.75 Å². The molecule has 0 aliphatic carbocycles. The average Bonchev–Trinajstić information content (AvgIpc) is 2.40. The summed E-state index contributed by atoms with van der Waals surface area (Å²) >= 11 is 0. The van der Waals surface area contributed by atoms with Crippen LogP contribution in [0.4, 0.5) is 0 Å². The minimum atomic E-state index is -3.06. The smallest absolute Gasteiger partial charge is 0.214 e. The SMILES string of the molecule is CCCS(=O)(=O)N1CCC(Oc2cccnc2)CC1. The van der Waals surface area contributed by atoms with Gasteiger partial charge in [-0.3, -0.25) is 4.98 Å². The van der Waals surface area contributed by atoms with E-state index < -0.39 is 10.0 Å². The number of pyridine rings is 1. The van der Waals surface area contributed by atoms with Gasteiger partial charge in [0.1, 0.15) is 11.9 Å². The Morgan fingerprint density at radius 1 is 1.42 bits per heavy atom. The molecule has 1 fully saturated rings. The molecule has 19 heavy (non-hydrogen) atoms. The van der Waals surface area contributed by atoms with Crippen molar-refractivity contribution < 1.29 is 13.2 Å². The van der Waals surface area contributed by atoms with E-state index >= 15 is 0 Å². The van der Waals surface area contributed by atoms with Crippen molar-refractivity contribution in [3.8, 4) is 5.75 Å². The number of sulfonamides is 1. The van der Waals surface area contributed by atoms with Gasteiger partial charge in [-0.2, -0.15) is 0 Å². The molecule has 2 rings (SSSR count). The predicted molar refractivity (Wildman–Crippen MR) is 73.5 cm³/mol. The molecular formula is C13H20N2O3S. The summed E-state index contributed by atoms with van der Waals surface area (Å²) in [6.07, 6.45) is 5.59. The van der Waals surface area contributed by atoms with Crippen molar-refractivity contribution in [2.24, 2.45) is 0 Å². The van der Waals surface area contributed by atoms with Gasteiger partial charge in [0, 0.05) is 19.3 Å². The van der Waals surface area contributed by atoms with Gasteiger partial charge in [0.25, 0.3) is 0 Å². The predicted octanol–water partition coefficient (Wildman–Crippen LogP) is 1.66. The Morgan fingerprint density at radius 2 is 2.16 bits per heavy atom. The van der Waals surface area contributed by atoms with E-state index in [1.807, 2.05) is 19.1 Å². The number of aromatic nitrogens is 1. The minimum absolute atomic E-state index is 0.0808. The van der Waals surface area contributed by atoms with Gasteiger partial charge in [0.05, 0.1) is 11.9 Å². The zero-order valence-electron chi connectivity index (χ0n) is 11.2. The number of ether oxygens (including phenoxy) is 1. The topological polar surface area (TPSA) is 59.5 Å². The van der Waals surface area contributed by atoms with Crippen molar-refractivity contribution in [3.63, 3.8) is 0 Å². The Bertz CT molecular complexity index is 482. The molecule has 0 amide bonds. The third-order valence-electron chi connectivity index (χ3n) is 3.19. The maximum atomic E-state index is 11.9. The highest BCUT2D eigenvalue weighted by Crippen LogP contribution is 2.20. The Hall–Kier alpha value is -1.14. The summed E-state index contributed by atoms with van der Waals surface area (Å²) in [5, 5.41) is 0. The van der Waals surface area contributed by atoms with Gasteiger partial charge in [-0.05, 0) is 31.4 Å². The lowest BCUT2D eigenvalue weighted by molar-refractivity contribution is 0.134. The van der Waals surface area contributed by atoms with Crippen LogP contribution < -0.4 is 4.74 Å². The van der Waals surface area contributed by atoms with E-state index in [1.54, 1.807) is 16.7 Å². The van der Waals surface area contributed by atoms with E-state index in [1.165, 1.54) is 0 Å². The Morgan fingerprint density at radius 3 is 2.74 bits per heavy atom.